The molecule has 1 unspecified atom stereocenters. The van der Waals surface area contributed by atoms with Crippen molar-refractivity contribution in [1.82, 2.24) is 9.97 Å². The van der Waals surface area contributed by atoms with Crippen LogP contribution < -0.4 is 5.73 Å². The second-order valence-electron chi connectivity index (χ2n) is 3.80. The summed E-state index contributed by atoms with van der Waals surface area (Å²) in [5.41, 5.74) is 6.61. The molecule has 0 amide bonds. The third-order valence-corrected chi connectivity index (χ3v) is 2.55. The molecule has 92 valence electrons. The van der Waals surface area contributed by atoms with E-state index in [1.54, 1.807) is 36.7 Å². The second-order valence-corrected chi connectivity index (χ2v) is 3.80. The molecule has 6 heteroatoms. The first kappa shape index (κ1) is 12.1. The van der Waals surface area contributed by atoms with E-state index in [-0.39, 0.29) is 5.69 Å². The summed E-state index contributed by atoms with van der Waals surface area (Å²) in [4.78, 5) is 18.6. The van der Waals surface area contributed by atoms with Crippen molar-refractivity contribution in [3.63, 3.8) is 0 Å². The molecule has 0 bridgehead atoms. The lowest BCUT2D eigenvalue weighted by molar-refractivity contribution is -0.385. The molecule has 1 aromatic heterocycles. The number of para-hydroxylation sites is 1. The first-order valence-corrected chi connectivity index (χ1v) is 5.43. The van der Waals surface area contributed by atoms with E-state index in [1.807, 2.05) is 0 Å². The van der Waals surface area contributed by atoms with Gasteiger partial charge in [-0.25, -0.2) is 9.97 Å². The van der Waals surface area contributed by atoms with Gasteiger partial charge in [-0.3, -0.25) is 10.1 Å². The average Bonchev–Trinajstić information content (AvgIpc) is 2.40. The highest BCUT2D eigenvalue weighted by atomic mass is 16.6. The summed E-state index contributed by atoms with van der Waals surface area (Å²) in [5.74, 6) is 0.482. The predicted octanol–water partition coefficient (Wildman–Crippen LogP) is 1.63. The molecule has 6 nitrogen and oxygen atoms in total. The summed E-state index contributed by atoms with van der Waals surface area (Å²) in [6.45, 7) is 0. The Labute approximate surface area is 104 Å². The summed E-state index contributed by atoms with van der Waals surface area (Å²) in [5, 5.41) is 10.9. The van der Waals surface area contributed by atoms with Crippen molar-refractivity contribution in [3.05, 3.63) is 64.2 Å². The molecule has 2 rings (SSSR count). The molecule has 1 aromatic carbocycles. The van der Waals surface area contributed by atoms with E-state index < -0.39 is 11.0 Å². The number of nitrogens with two attached hydrogens (primary N) is 1. The van der Waals surface area contributed by atoms with Crippen LogP contribution in [-0.2, 0) is 6.42 Å². The van der Waals surface area contributed by atoms with Crippen molar-refractivity contribution < 1.29 is 4.92 Å². The Morgan fingerprint density at radius 2 is 1.89 bits per heavy atom. The van der Waals surface area contributed by atoms with E-state index in [9.17, 15) is 10.1 Å². The van der Waals surface area contributed by atoms with E-state index in [0.29, 0.717) is 17.8 Å². The van der Waals surface area contributed by atoms with Gasteiger partial charge in [-0.1, -0.05) is 18.2 Å². The number of nitrogens with zero attached hydrogens (tertiary/aromatic N) is 3. The highest BCUT2D eigenvalue weighted by Crippen LogP contribution is 2.22. The molecule has 0 aliphatic rings. The number of nitro benzene ring substituents is 1. The zero-order chi connectivity index (χ0) is 13.0. The number of hydrogen-bond acceptors (Lipinski definition) is 5. The van der Waals surface area contributed by atoms with Gasteiger partial charge in [0.25, 0.3) is 5.69 Å². The number of aromatic nitrogens is 2. The monoisotopic (exact) mass is 244 g/mol. The third-order valence-electron chi connectivity index (χ3n) is 2.55. The minimum Gasteiger partial charge on any atom is -0.321 e. The minimum atomic E-state index is -0.452. The lowest BCUT2D eigenvalue weighted by Crippen LogP contribution is -2.17. The summed E-state index contributed by atoms with van der Waals surface area (Å²) in [7, 11) is 0. The predicted molar refractivity (Wildman–Crippen MR) is 65.8 cm³/mol. The van der Waals surface area contributed by atoms with E-state index in [1.165, 1.54) is 6.07 Å². The second kappa shape index (κ2) is 5.33. The molecular formula is C12H12N4O2. The molecule has 0 radical (unpaired) electrons. The van der Waals surface area contributed by atoms with Crippen LogP contribution in [0.1, 0.15) is 17.4 Å². The van der Waals surface area contributed by atoms with Crippen LogP contribution in [0.25, 0.3) is 0 Å². The van der Waals surface area contributed by atoms with E-state index in [2.05, 4.69) is 9.97 Å². The number of hydrogen-bond donors (Lipinski definition) is 1. The van der Waals surface area contributed by atoms with Gasteiger partial charge < -0.3 is 5.73 Å². The van der Waals surface area contributed by atoms with Crippen molar-refractivity contribution in [3.8, 4) is 0 Å². The molecule has 2 aromatic rings. The van der Waals surface area contributed by atoms with E-state index >= 15 is 0 Å². The van der Waals surface area contributed by atoms with Crippen LogP contribution in [0.4, 0.5) is 5.69 Å². The van der Waals surface area contributed by atoms with E-state index in [0.717, 1.165) is 0 Å². The minimum absolute atomic E-state index is 0.0730. The number of rotatable bonds is 4. The zero-order valence-corrected chi connectivity index (χ0v) is 9.56. The van der Waals surface area contributed by atoms with Gasteiger partial charge in [-0.05, 0) is 6.07 Å². The highest BCUT2D eigenvalue weighted by molar-refractivity contribution is 5.40. The normalized spacial score (nSPS) is 12.1. The zero-order valence-electron chi connectivity index (χ0n) is 9.56. The smallest absolute Gasteiger partial charge is 0.272 e. The van der Waals surface area contributed by atoms with Gasteiger partial charge in [0.2, 0.25) is 0 Å². The molecule has 1 atom stereocenters. The van der Waals surface area contributed by atoms with Crippen LogP contribution in [0.3, 0.4) is 0 Å². The molecule has 2 N–H and O–H groups in total. The highest BCUT2D eigenvalue weighted by Gasteiger charge is 2.17. The molecule has 0 spiro atoms. The van der Waals surface area contributed by atoms with E-state index in [4.69, 9.17) is 5.73 Å². The Kier molecular flexibility index (Phi) is 3.59. The maximum absolute atomic E-state index is 10.9. The van der Waals surface area contributed by atoms with Gasteiger partial charge in [0.05, 0.1) is 11.0 Å². The largest absolute Gasteiger partial charge is 0.321 e. The molecule has 1 heterocycles. The summed E-state index contributed by atoms with van der Waals surface area (Å²) >= 11 is 0. The third kappa shape index (κ3) is 2.67. The van der Waals surface area contributed by atoms with Gasteiger partial charge in [-0.2, -0.15) is 0 Å². The van der Waals surface area contributed by atoms with Crippen LogP contribution in [0, 0.1) is 10.1 Å². The van der Waals surface area contributed by atoms with Gasteiger partial charge in [-0.15, -0.1) is 0 Å². The molecule has 0 saturated carbocycles. The van der Waals surface area contributed by atoms with Gasteiger partial charge >= 0.3 is 0 Å². The number of benzene rings is 1. The SMILES string of the molecule is NC(Cc1ccccc1[N+](=O)[O-])c1ncccn1. The topological polar surface area (TPSA) is 94.9 Å². The first-order chi connectivity index (χ1) is 8.68. The number of nitro groups is 1. The maximum Gasteiger partial charge on any atom is 0.272 e. The van der Waals surface area contributed by atoms with Crippen LogP contribution >= 0.6 is 0 Å². The molecule has 0 aliphatic heterocycles. The van der Waals surface area contributed by atoms with Crippen LogP contribution in [-0.4, -0.2) is 14.9 Å². The molecule has 0 fully saturated rings. The standard InChI is InChI=1S/C12H12N4O2/c13-10(12-14-6-3-7-15-12)8-9-4-1-2-5-11(9)16(17)18/h1-7,10H,8,13H2. The molecule has 18 heavy (non-hydrogen) atoms. The van der Waals surface area contributed by atoms with Crippen molar-refractivity contribution in [1.29, 1.82) is 0 Å². The van der Waals surface area contributed by atoms with Gasteiger partial charge in [0.1, 0.15) is 5.82 Å². The Hall–Kier alpha value is -2.34. The lowest BCUT2D eigenvalue weighted by atomic mass is 10.0. The van der Waals surface area contributed by atoms with Crippen LogP contribution in [0.15, 0.2) is 42.7 Å². The Morgan fingerprint density at radius 3 is 2.56 bits per heavy atom. The molecule has 0 aliphatic carbocycles. The van der Waals surface area contributed by atoms with Gasteiger partial charge in [0, 0.05) is 30.4 Å². The lowest BCUT2D eigenvalue weighted by Gasteiger charge is -2.09. The summed E-state index contributed by atoms with van der Waals surface area (Å²) in [6, 6.07) is 7.79. The summed E-state index contributed by atoms with van der Waals surface area (Å²) < 4.78 is 0. The Balaban J connectivity index is 2.22. The fourth-order valence-electron chi connectivity index (χ4n) is 1.69. The first-order valence-electron chi connectivity index (χ1n) is 5.43. The van der Waals surface area contributed by atoms with Crippen molar-refractivity contribution in [2.45, 2.75) is 12.5 Å². The van der Waals surface area contributed by atoms with Crippen molar-refractivity contribution in [2.75, 3.05) is 0 Å². The van der Waals surface area contributed by atoms with Crippen LogP contribution in [0.5, 0.6) is 0 Å². The summed E-state index contributed by atoms with van der Waals surface area (Å²) in [6.07, 6.45) is 3.53. The van der Waals surface area contributed by atoms with Crippen molar-refractivity contribution >= 4 is 5.69 Å². The van der Waals surface area contributed by atoms with Crippen LogP contribution in [0.2, 0.25) is 0 Å². The fourth-order valence-corrected chi connectivity index (χ4v) is 1.69. The average molecular weight is 244 g/mol. The van der Waals surface area contributed by atoms with Crippen molar-refractivity contribution in [2.24, 2.45) is 5.73 Å². The fraction of sp³-hybridized carbons (Fsp3) is 0.167. The quantitative estimate of drug-likeness (QED) is 0.651. The maximum atomic E-state index is 10.9. The van der Waals surface area contributed by atoms with Gasteiger partial charge in [0.15, 0.2) is 0 Å². The molecule has 0 saturated heterocycles. The Morgan fingerprint density at radius 1 is 1.22 bits per heavy atom. The molecular weight excluding hydrogens is 232 g/mol. The Bertz CT molecular complexity index is 545.